The number of urea groups is 1. The van der Waals surface area contributed by atoms with Gasteiger partial charge in [-0.25, -0.2) is 4.79 Å². The number of aliphatic hydroxyl groups is 1. The van der Waals surface area contributed by atoms with Gasteiger partial charge in [-0.05, 0) is 56.6 Å². The van der Waals surface area contributed by atoms with Crippen LogP contribution in [0.4, 0.5) is 10.5 Å². The number of carbonyl (C=O) groups excluding carboxylic acids is 2. The van der Waals surface area contributed by atoms with Gasteiger partial charge in [-0.15, -0.1) is 0 Å². The van der Waals surface area contributed by atoms with Crippen molar-refractivity contribution in [2.24, 2.45) is 5.92 Å². The second-order valence-electron chi connectivity index (χ2n) is 11.3. The van der Waals surface area contributed by atoms with E-state index < -0.39 is 0 Å². The first kappa shape index (κ1) is 30.1. The third-order valence-electron chi connectivity index (χ3n) is 7.36. The maximum atomic E-state index is 13.6. The second-order valence-corrected chi connectivity index (χ2v) is 11.3. The number of ether oxygens (including phenoxy) is 1. The van der Waals surface area contributed by atoms with Crippen molar-refractivity contribution in [2.45, 2.75) is 52.4 Å². The van der Waals surface area contributed by atoms with Gasteiger partial charge in [-0.3, -0.25) is 9.69 Å². The van der Waals surface area contributed by atoms with Crippen molar-refractivity contribution in [3.05, 3.63) is 83.9 Å². The maximum Gasteiger partial charge on any atom is 0.319 e. The lowest BCUT2D eigenvalue weighted by Crippen LogP contribution is -2.49. The quantitative estimate of drug-likeness (QED) is 0.334. The summed E-state index contributed by atoms with van der Waals surface area (Å²) in [4.78, 5) is 30.2. The molecule has 3 atom stereocenters. The molecule has 3 amide bonds. The normalized spacial score (nSPS) is 17.9. The number of aliphatic hydroxyl groups excluding tert-OH is 1. The summed E-state index contributed by atoms with van der Waals surface area (Å²) in [5, 5.41) is 15.6. The summed E-state index contributed by atoms with van der Waals surface area (Å²) < 4.78 is 6.61. The first-order chi connectivity index (χ1) is 19.7. The highest BCUT2D eigenvalue weighted by Gasteiger charge is 2.34. The van der Waals surface area contributed by atoms with Crippen molar-refractivity contribution in [3.8, 4) is 16.9 Å². The number of nitrogens with one attached hydrogen (secondary N) is 2. The number of likely N-dealkylation sites (N-methyl/N-ethyl adjacent to an activating group) is 1. The van der Waals surface area contributed by atoms with Crippen LogP contribution in [-0.4, -0.2) is 71.8 Å². The Kier molecular flexibility index (Phi) is 10.0. The minimum Gasteiger partial charge on any atom is -0.486 e. The lowest BCUT2D eigenvalue weighted by atomic mass is 9.98. The van der Waals surface area contributed by atoms with Gasteiger partial charge >= 0.3 is 6.03 Å². The molecule has 3 aromatic rings. The molecule has 1 heterocycles. The van der Waals surface area contributed by atoms with Crippen molar-refractivity contribution in [2.75, 3.05) is 32.1 Å². The smallest absolute Gasteiger partial charge is 0.319 e. The summed E-state index contributed by atoms with van der Waals surface area (Å²) >= 11 is 0. The Morgan fingerprint density at radius 2 is 1.71 bits per heavy atom. The molecule has 8 nitrogen and oxygen atoms in total. The van der Waals surface area contributed by atoms with E-state index >= 15 is 0 Å². The zero-order chi connectivity index (χ0) is 29.5. The molecule has 0 fully saturated rings. The Bertz CT molecular complexity index is 1310. The number of hydrogen-bond acceptors (Lipinski definition) is 5. The van der Waals surface area contributed by atoms with Crippen LogP contribution in [0.1, 0.15) is 43.6 Å². The molecule has 0 spiro atoms. The standard InChI is InChI=1S/C33H42N4O4/c1-22(2)34-33(40)35-29-13-9-12-28-31(29)41-30(23(3)18-37(32(28)39)24(4)21-38)20-36(5)19-25-14-16-27(17-15-25)26-10-7-6-8-11-26/h6-17,22-24,30,38H,18-21H2,1-5H3,(H2,34,35,40)/t23-,24-,30+/m0/s1. The Labute approximate surface area is 243 Å². The molecule has 3 N–H and O–H groups in total. The highest BCUT2D eigenvalue weighted by atomic mass is 16.5. The molecule has 3 aromatic carbocycles. The molecule has 0 bridgehead atoms. The zero-order valence-electron chi connectivity index (χ0n) is 24.6. The molecule has 0 radical (unpaired) electrons. The van der Waals surface area contributed by atoms with E-state index in [1.165, 1.54) is 16.7 Å². The van der Waals surface area contributed by atoms with Crippen molar-refractivity contribution in [1.29, 1.82) is 0 Å². The van der Waals surface area contributed by atoms with Crippen molar-refractivity contribution in [3.63, 3.8) is 0 Å². The van der Waals surface area contributed by atoms with Crippen molar-refractivity contribution >= 4 is 17.6 Å². The van der Waals surface area contributed by atoms with Crippen LogP contribution in [0.15, 0.2) is 72.8 Å². The van der Waals surface area contributed by atoms with Gasteiger partial charge in [0.2, 0.25) is 0 Å². The predicted octanol–water partition coefficient (Wildman–Crippen LogP) is 5.24. The molecule has 0 saturated heterocycles. The minimum atomic E-state index is -0.368. The number of hydrogen-bond donors (Lipinski definition) is 3. The molecule has 1 aliphatic heterocycles. The zero-order valence-corrected chi connectivity index (χ0v) is 24.6. The van der Waals surface area contributed by atoms with Crippen LogP contribution in [0.2, 0.25) is 0 Å². The third-order valence-corrected chi connectivity index (χ3v) is 7.36. The van der Waals surface area contributed by atoms with Crippen molar-refractivity contribution < 1.29 is 19.4 Å². The number of nitrogens with zero attached hydrogens (tertiary/aromatic N) is 2. The average molecular weight is 559 g/mol. The first-order valence-electron chi connectivity index (χ1n) is 14.3. The summed E-state index contributed by atoms with van der Waals surface area (Å²) in [6, 6.07) is 23.3. The van der Waals surface area contributed by atoms with Crippen LogP contribution in [0.5, 0.6) is 5.75 Å². The molecule has 41 heavy (non-hydrogen) atoms. The fraction of sp³-hybridized carbons (Fsp3) is 0.394. The molecule has 8 heteroatoms. The molecule has 0 saturated carbocycles. The van der Waals surface area contributed by atoms with E-state index in [9.17, 15) is 14.7 Å². The Morgan fingerprint density at radius 1 is 1.02 bits per heavy atom. The fourth-order valence-electron chi connectivity index (χ4n) is 5.10. The monoisotopic (exact) mass is 558 g/mol. The number of anilines is 1. The Morgan fingerprint density at radius 3 is 2.37 bits per heavy atom. The average Bonchev–Trinajstić information content (AvgIpc) is 2.95. The van der Waals surface area contributed by atoms with Gasteiger partial charge < -0.3 is 25.4 Å². The van der Waals surface area contributed by atoms with Crippen LogP contribution in [0.3, 0.4) is 0 Å². The number of para-hydroxylation sites is 1. The summed E-state index contributed by atoms with van der Waals surface area (Å²) in [5.41, 5.74) is 4.34. The van der Waals surface area contributed by atoms with E-state index in [4.69, 9.17) is 4.74 Å². The number of fused-ring (bicyclic) bond motifs is 1. The van der Waals surface area contributed by atoms with Crippen molar-refractivity contribution in [1.82, 2.24) is 15.1 Å². The number of carbonyl (C=O) groups is 2. The van der Waals surface area contributed by atoms with E-state index in [1.807, 2.05) is 39.0 Å². The van der Waals surface area contributed by atoms with Crippen LogP contribution in [0, 0.1) is 5.92 Å². The largest absolute Gasteiger partial charge is 0.486 e. The van der Waals surface area contributed by atoms with E-state index in [0.29, 0.717) is 30.1 Å². The molecule has 1 aliphatic rings. The van der Waals surface area contributed by atoms with E-state index in [-0.39, 0.29) is 42.7 Å². The lowest BCUT2D eigenvalue weighted by molar-refractivity contribution is 0.0343. The van der Waals surface area contributed by atoms with Crippen LogP contribution in [-0.2, 0) is 6.54 Å². The Balaban J connectivity index is 1.57. The molecule has 218 valence electrons. The van der Waals surface area contributed by atoms with Crippen LogP contribution in [0.25, 0.3) is 11.1 Å². The summed E-state index contributed by atoms with van der Waals surface area (Å²) in [6.45, 7) is 9.28. The number of amides is 3. The molecule has 0 aliphatic carbocycles. The highest BCUT2D eigenvalue weighted by Crippen LogP contribution is 2.35. The summed E-state index contributed by atoms with van der Waals surface area (Å²) in [6.07, 6.45) is -0.278. The predicted molar refractivity (Wildman–Crippen MR) is 163 cm³/mol. The van der Waals surface area contributed by atoms with Gasteiger partial charge in [-0.1, -0.05) is 67.6 Å². The number of rotatable bonds is 9. The molecular formula is C33H42N4O4. The SMILES string of the molecule is CC(C)NC(=O)Nc1cccc2c1O[C@H](CN(C)Cc1ccc(-c3ccccc3)cc1)[C@@H](C)CN([C@@H](C)CO)C2=O. The van der Waals surface area contributed by atoms with Gasteiger partial charge in [-0.2, -0.15) is 0 Å². The molecule has 4 rings (SSSR count). The maximum absolute atomic E-state index is 13.6. The van der Waals surface area contributed by atoms with E-state index in [1.54, 1.807) is 23.1 Å². The van der Waals surface area contributed by atoms with Gasteiger partial charge in [0, 0.05) is 31.6 Å². The first-order valence-corrected chi connectivity index (χ1v) is 14.3. The minimum absolute atomic E-state index is 0.0402. The van der Waals surface area contributed by atoms with Crippen LogP contribution >= 0.6 is 0 Å². The van der Waals surface area contributed by atoms with Gasteiger partial charge in [0.15, 0.2) is 5.75 Å². The molecule has 0 unspecified atom stereocenters. The third kappa shape index (κ3) is 7.65. The van der Waals surface area contributed by atoms with E-state index in [2.05, 4.69) is 65.9 Å². The van der Waals surface area contributed by atoms with Gasteiger partial charge in [0.05, 0.1) is 23.9 Å². The summed E-state index contributed by atoms with van der Waals surface area (Å²) in [7, 11) is 2.06. The summed E-state index contributed by atoms with van der Waals surface area (Å²) in [5.74, 6) is 0.0805. The molecular weight excluding hydrogens is 516 g/mol. The van der Waals surface area contributed by atoms with E-state index in [0.717, 1.165) is 6.54 Å². The van der Waals surface area contributed by atoms with Gasteiger partial charge in [0.25, 0.3) is 5.91 Å². The second kappa shape index (κ2) is 13.7. The molecule has 0 aromatic heterocycles. The highest BCUT2D eigenvalue weighted by molar-refractivity contribution is 6.01. The Hall–Kier alpha value is -3.88. The number of benzene rings is 3. The lowest BCUT2D eigenvalue weighted by Gasteiger charge is -2.38. The van der Waals surface area contributed by atoms with Crippen LogP contribution < -0.4 is 15.4 Å². The van der Waals surface area contributed by atoms with Gasteiger partial charge in [0.1, 0.15) is 6.10 Å². The fourth-order valence-corrected chi connectivity index (χ4v) is 5.10. The topological polar surface area (TPSA) is 94.1 Å².